The summed E-state index contributed by atoms with van der Waals surface area (Å²) in [7, 11) is 0. The molecule has 0 aliphatic heterocycles. The Kier molecular flexibility index (Phi) is 5.03. The van der Waals surface area contributed by atoms with Crippen molar-refractivity contribution in [3.05, 3.63) is 89.7 Å². The minimum absolute atomic E-state index is 0.306. The van der Waals surface area contributed by atoms with Gasteiger partial charge in [0, 0.05) is 24.1 Å². The summed E-state index contributed by atoms with van der Waals surface area (Å²) in [5.74, 6) is -0.321. The maximum Gasteiger partial charge on any atom is 0.274 e. The maximum absolute atomic E-state index is 12.4. The summed E-state index contributed by atoms with van der Waals surface area (Å²) in [5.41, 5.74) is 3.33. The molecule has 3 rings (SSSR count). The van der Waals surface area contributed by atoms with Crippen LogP contribution in [0, 0.1) is 11.3 Å². The Morgan fingerprint density at radius 3 is 2.64 bits per heavy atom. The molecule has 1 amide bonds. The summed E-state index contributed by atoms with van der Waals surface area (Å²) >= 11 is 0. The van der Waals surface area contributed by atoms with Crippen LogP contribution < -0.4 is 10.6 Å². The highest BCUT2D eigenvalue weighted by Crippen LogP contribution is 2.14. The van der Waals surface area contributed by atoms with Crippen LogP contribution in [0.15, 0.2) is 72.9 Å². The van der Waals surface area contributed by atoms with Crippen LogP contribution in [0.2, 0.25) is 0 Å². The van der Waals surface area contributed by atoms with Gasteiger partial charge in [0.2, 0.25) is 0 Å². The molecule has 0 bridgehead atoms. The second-order valence-corrected chi connectivity index (χ2v) is 5.42. The number of carbonyl (C=O) groups is 1. The molecule has 1 aromatic heterocycles. The Morgan fingerprint density at radius 2 is 1.84 bits per heavy atom. The van der Waals surface area contributed by atoms with E-state index < -0.39 is 0 Å². The summed E-state index contributed by atoms with van der Waals surface area (Å²) in [5, 5.41) is 14.9. The third-order valence-electron chi connectivity index (χ3n) is 3.58. The van der Waals surface area contributed by atoms with E-state index in [2.05, 4.69) is 15.6 Å². The van der Waals surface area contributed by atoms with Crippen molar-refractivity contribution in [3.8, 4) is 6.07 Å². The number of aromatic nitrogens is 1. The normalized spacial score (nSPS) is 9.88. The molecule has 0 saturated heterocycles. The van der Waals surface area contributed by atoms with Crippen molar-refractivity contribution >= 4 is 17.3 Å². The van der Waals surface area contributed by atoms with Gasteiger partial charge in [0.25, 0.3) is 5.91 Å². The van der Waals surface area contributed by atoms with E-state index in [1.54, 1.807) is 36.5 Å². The number of hydrogen-bond acceptors (Lipinski definition) is 4. The Hall–Kier alpha value is -3.65. The van der Waals surface area contributed by atoms with Crippen molar-refractivity contribution in [2.45, 2.75) is 6.54 Å². The molecule has 0 spiro atoms. The number of nitrogens with one attached hydrogen (secondary N) is 2. The number of benzene rings is 2. The first-order valence-corrected chi connectivity index (χ1v) is 7.80. The molecule has 122 valence electrons. The molecule has 25 heavy (non-hydrogen) atoms. The van der Waals surface area contributed by atoms with Crippen LogP contribution in [0.25, 0.3) is 0 Å². The molecule has 3 aromatic rings. The number of nitriles is 1. The average molecular weight is 328 g/mol. The second-order valence-electron chi connectivity index (χ2n) is 5.42. The van der Waals surface area contributed by atoms with Crippen LogP contribution in [0.3, 0.4) is 0 Å². The summed E-state index contributed by atoms with van der Waals surface area (Å²) < 4.78 is 0. The van der Waals surface area contributed by atoms with E-state index in [1.165, 1.54) is 0 Å². The predicted molar refractivity (Wildman–Crippen MR) is 97.1 cm³/mol. The quantitative estimate of drug-likeness (QED) is 0.746. The number of hydrogen-bond donors (Lipinski definition) is 2. The van der Waals surface area contributed by atoms with Crippen molar-refractivity contribution < 1.29 is 4.79 Å². The number of pyridine rings is 1. The van der Waals surface area contributed by atoms with Gasteiger partial charge in [0.1, 0.15) is 5.69 Å². The lowest BCUT2D eigenvalue weighted by atomic mass is 10.2. The molecule has 0 radical (unpaired) electrons. The van der Waals surface area contributed by atoms with E-state index >= 15 is 0 Å². The van der Waals surface area contributed by atoms with Crippen LogP contribution >= 0.6 is 0 Å². The highest BCUT2D eigenvalue weighted by atomic mass is 16.1. The van der Waals surface area contributed by atoms with E-state index in [0.717, 1.165) is 11.3 Å². The fourth-order valence-electron chi connectivity index (χ4n) is 2.33. The lowest BCUT2D eigenvalue weighted by Gasteiger charge is -2.09. The van der Waals surface area contributed by atoms with Gasteiger partial charge < -0.3 is 10.6 Å². The van der Waals surface area contributed by atoms with Gasteiger partial charge in [-0.1, -0.05) is 36.4 Å². The number of rotatable bonds is 5. The molecule has 1 heterocycles. The van der Waals surface area contributed by atoms with E-state index in [9.17, 15) is 4.79 Å². The maximum atomic E-state index is 12.4. The standard InChI is InChI=1S/C20H16N4O/c21-13-16-7-4-8-18(11-16)24-20(25)19-12-17(9-10-22-19)23-14-15-5-2-1-3-6-15/h1-12H,14H2,(H,22,23)(H,24,25). The molecular weight excluding hydrogens is 312 g/mol. The summed E-state index contributed by atoms with van der Waals surface area (Å²) in [6, 6.07) is 22.3. The van der Waals surface area contributed by atoms with Gasteiger partial charge in [-0.25, -0.2) is 0 Å². The molecule has 5 nitrogen and oxygen atoms in total. The Bertz CT molecular complexity index is 916. The highest BCUT2D eigenvalue weighted by Gasteiger charge is 2.09. The zero-order valence-corrected chi connectivity index (χ0v) is 13.4. The molecule has 2 aromatic carbocycles. The Morgan fingerprint density at radius 1 is 1.00 bits per heavy atom. The van der Waals surface area contributed by atoms with Crippen LogP contribution in [0.1, 0.15) is 21.6 Å². The lowest BCUT2D eigenvalue weighted by molar-refractivity contribution is 0.102. The van der Waals surface area contributed by atoms with Crippen molar-refractivity contribution in [2.75, 3.05) is 10.6 Å². The van der Waals surface area contributed by atoms with Crippen molar-refractivity contribution in [2.24, 2.45) is 0 Å². The van der Waals surface area contributed by atoms with E-state index in [4.69, 9.17) is 5.26 Å². The molecule has 0 unspecified atom stereocenters. The van der Waals surface area contributed by atoms with Crippen LogP contribution in [-0.2, 0) is 6.54 Å². The molecule has 0 saturated carbocycles. The summed E-state index contributed by atoms with van der Waals surface area (Å²) in [6.07, 6.45) is 1.59. The first kappa shape index (κ1) is 16.2. The lowest BCUT2D eigenvalue weighted by Crippen LogP contribution is -2.14. The van der Waals surface area contributed by atoms with Crippen molar-refractivity contribution in [1.82, 2.24) is 4.98 Å². The Labute approximate surface area is 146 Å². The SMILES string of the molecule is N#Cc1cccc(NC(=O)c2cc(NCc3ccccc3)ccn2)c1. The largest absolute Gasteiger partial charge is 0.381 e. The second kappa shape index (κ2) is 7.75. The first-order chi connectivity index (χ1) is 12.2. The summed E-state index contributed by atoms with van der Waals surface area (Å²) in [6.45, 7) is 0.663. The van der Waals surface area contributed by atoms with E-state index in [-0.39, 0.29) is 5.91 Å². The van der Waals surface area contributed by atoms with Gasteiger partial charge in [-0.15, -0.1) is 0 Å². The highest BCUT2D eigenvalue weighted by molar-refractivity contribution is 6.03. The van der Waals surface area contributed by atoms with Crippen LogP contribution in [0.4, 0.5) is 11.4 Å². The first-order valence-electron chi connectivity index (χ1n) is 7.80. The number of anilines is 2. The van der Waals surface area contributed by atoms with Gasteiger partial charge in [-0.2, -0.15) is 5.26 Å². The zero-order chi connectivity index (χ0) is 17.5. The molecular formula is C20H16N4O. The summed E-state index contributed by atoms with van der Waals surface area (Å²) in [4.78, 5) is 16.5. The topological polar surface area (TPSA) is 77.8 Å². The minimum Gasteiger partial charge on any atom is -0.381 e. The molecule has 0 atom stereocenters. The third-order valence-corrected chi connectivity index (χ3v) is 3.58. The number of carbonyl (C=O) groups excluding carboxylic acids is 1. The number of nitrogens with zero attached hydrogens (tertiary/aromatic N) is 2. The third kappa shape index (κ3) is 4.43. The molecule has 0 aliphatic carbocycles. The van der Waals surface area contributed by atoms with Gasteiger partial charge >= 0.3 is 0 Å². The average Bonchev–Trinajstić information content (AvgIpc) is 2.67. The van der Waals surface area contributed by atoms with E-state index in [1.807, 2.05) is 42.5 Å². The Balaban J connectivity index is 1.68. The van der Waals surface area contributed by atoms with Gasteiger partial charge in [0.05, 0.1) is 11.6 Å². The smallest absolute Gasteiger partial charge is 0.274 e. The van der Waals surface area contributed by atoms with Crippen LogP contribution in [-0.4, -0.2) is 10.9 Å². The fraction of sp³-hybridized carbons (Fsp3) is 0.0500. The van der Waals surface area contributed by atoms with Crippen molar-refractivity contribution in [1.29, 1.82) is 5.26 Å². The van der Waals surface area contributed by atoms with Crippen molar-refractivity contribution in [3.63, 3.8) is 0 Å². The number of amides is 1. The molecule has 5 heteroatoms. The van der Waals surface area contributed by atoms with Gasteiger partial charge in [-0.05, 0) is 35.9 Å². The van der Waals surface area contributed by atoms with Gasteiger partial charge in [0.15, 0.2) is 0 Å². The molecule has 2 N–H and O–H groups in total. The van der Waals surface area contributed by atoms with Gasteiger partial charge in [-0.3, -0.25) is 9.78 Å². The van der Waals surface area contributed by atoms with Crippen LogP contribution in [0.5, 0.6) is 0 Å². The minimum atomic E-state index is -0.321. The predicted octanol–water partition coefficient (Wildman–Crippen LogP) is 3.82. The molecule has 0 aliphatic rings. The zero-order valence-electron chi connectivity index (χ0n) is 13.4. The fourth-order valence-corrected chi connectivity index (χ4v) is 2.33. The molecule has 0 fully saturated rings. The monoisotopic (exact) mass is 328 g/mol. The van der Waals surface area contributed by atoms with E-state index in [0.29, 0.717) is 23.5 Å².